The zero-order valence-corrected chi connectivity index (χ0v) is 12.0. The predicted molar refractivity (Wildman–Crippen MR) is 65.2 cm³/mol. The van der Waals surface area contributed by atoms with Gasteiger partial charge in [0.05, 0.1) is 8.07 Å². The minimum Gasteiger partial charge on any atom is -0.417 e. The summed E-state index contributed by atoms with van der Waals surface area (Å²) in [7, 11) is -2.65. The Balaban J connectivity index is 4.34. The molecule has 0 rings (SSSR count). The van der Waals surface area contributed by atoms with E-state index in [-0.39, 0.29) is 0 Å². The quantitative estimate of drug-likeness (QED) is 0.568. The molecule has 12 heavy (non-hydrogen) atoms. The van der Waals surface area contributed by atoms with E-state index in [1.807, 2.05) is 0 Å². The van der Waals surface area contributed by atoms with Gasteiger partial charge in [-0.25, -0.2) is 0 Å². The third-order valence-corrected chi connectivity index (χ3v) is 14.9. The van der Waals surface area contributed by atoms with Gasteiger partial charge in [0.25, 0.3) is 0 Å². The minimum absolute atomic E-state index is 0.532. The van der Waals surface area contributed by atoms with Crippen molar-refractivity contribution in [2.75, 3.05) is 6.61 Å². The highest BCUT2D eigenvalue weighted by Crippen LogP contribution is 2.24. The van der Waals surface area contributed by atoms with Crippen LogP contribution < -0.4 is 0 Å². The molecule has 0 N–H and O–H groups in total. The number of rotatable bonds is 4. The average molecular weight is 223 g/mol. The first-order valence-corrected chi connectivity index (χ1v) is 11.6. The molecule has 1 atom stereocenters. The van der Waals surface area contributed by atoms with E-state index < -0.39 is 16.4 Å². The Labute approximate surface area is 84.4 Å². The van der Waals surface area contributed by atoms with Gasteiger partial charge in [0.1, 0.15) is 0 Å². The van der Waals surface area contributed by atoms with Crippen LogP contribution >= 0.6 is 12.6 Å². The third kappa shape index (κ3) is 3.64. The van der Waals surface area contributed by atoms with E-state index in [2.05, 4.69) is 39.7 Å². The molecule has 0 bridgehead atoms. The van der Waals surface area contributed by atoms with Crippen molar-refractivity contribution in [1.82, 2.24) is 0 Å². The molecule has 0 unspecified atom stereocenters. The monoisotopic (exact) mass is 222 g/mol. The van der Waals surface area contributed by atoms with Crippen LogP contribution in [0.2, 0.25) is 32.7 Å². The van der Waals surface area contributed by atoms with Crippen LogP contribution in [0.25, 0.3) is 0 Å². The second-order valence-corrected chi connectivity index (χ2v) is 16.3. The second-order valence-electron chi connectivity index (χ2n) is 4.81. The van der Waals surface area contributed by atoms with E-state index in [9.17, 15) is 0 Å². The zero-order chi connectivity index (χ0) is 9.99. The summed E-state index contributed by atoms with van der Waals surface area (Å²) in [5.74, 6) is 0. The molecule has 0 aliphatic carbocycles. The van der Waals surface area contributed by atoms with Crippen molar-refractivity contribution < 1.29 is 4.43 Å². The maximum atomic E-state index is 5.81. The van der Waals surface area contributed by atoms with Crippen molar-refractivity contribution in [3.8, 4) is 0 Å². The molecule has 0 amide bonds. The van der Waals surface area contributed by atoms with Crippen LogP contribution in [0.3, 0.4) is 0 Å². The summed E-state index contributed by atoms with van der Waals surface area (Å²) in [5.41, 5.74) is 0. The van der Waals surface area contributed by atoms with Gasteiger partial charge in [0, 0.05) is 11.1 Å². The molecule has 0 aliphatic rings. The molecule has 0 saturated heterocycles. The molecule has 0 fully saturated rings. The fraction of sp³-hybridized carbons (Fsp3) is 1.00. The van der Waals surface area contributed by atoms with E-state index in [1.54, 1.807) is 0 Å². The van der Waals surface area contributed by atoms with Crippen molar-refractivity contribution in [3.05, 3.63) is 0 Å². The number of thiol groups is 1. The van der Waals surface area contributed by atoms with E-state index >= 15 is 0 Å². The molecule has 0 spiro atoms. The smallest absolute Gasteiger partial charge is 0.196 e. The molecule has 0 saturated carbocycles. The Morgan fingerprint density at radius 2 is 1.58 bits per heavy atom. The van der Waals surface area contributed by atoms with Gasteiger partial charge < -0.3 is 4.43 Å². The van der Waals surface area contributed by atoms with Crippen LogP contribution in [-0.4, -0.2) is 27.5 Å². The van der Waals surface area contributed by atoms with Crippen molar-refractivity contribution in [3.63, 3.8) is 0 Å². The van der Waals surface area contributed by atoms with Crippen LogP contribution in [0.4, 0.5) is 0 Å². The Morgan fingerprint density at radius 1 is 1.17 bits per heavy atom. The van der Waals surface area contributed by atoms with E-state index in [1.165, 1.54) is 0 Å². The highest BCUT2D eigenvalue weighted by atomic mass is 32.1. The van der Waals surface area contributed by atoms with E-state index in [0.717, 1.165) is 6.61 Å². The van der Waals surface area contributed by atoms with Crippen LogP contribution in [0.15, 0.2) is 0 Å². The van der Waals surface area contributed by atoms with Crippen molar-refractivity contribution in [2.24, 2.45) is 0 Å². The number of hydrogen-bond acceptors (Lipinski definition) is 2. The van der Waals surface area contributed by atoms with Gasteiger partial charge >= 0.3 is 0 Å². The van der Waals surface area contributed by atoms with Gasteiger partial charge in [-0.2, -0.15) is 12.6 Å². The Hall–Kier alpha value is 0.744. The molecule has 0 aromatic carbocycles. The fourth-order valence-corrected chi connectivity index (χ4v) is 11.2. The molecule has 0 aromatic rings. The first-order valence-electron chi connectivity index (χ1n) is 4.54. The Morgan fingerprint density at radius 3 is 1.83 bits per heavy atom. The minimum atomic E-state index is -1.52. The lowest BCUT2D eigenvalue weighted by Crippen LogP contribution is -2.54. The maximum Gasteiger partial charge on any atom is 0.196 e. The van der Waals surface area contributed by atoms with Gasteiger partial charge in [0.15, 0.2) is 8.32 Å². The van der Waals surface area contributed by atoms with Crippen LogP contribution in [0.5, 0.6) is 0 Å². The maximum absolute atomic E-state index is 5.81. The highest BCUT2D eigenvalue weighted by molar-refractivity contribution is 7.85. The van der Waals surface area contributed by atoms with Crippen LogP contribution in [0, 0.1) is 0 Å². The van der Waals surface area contributed by atoms with Gasteiger partial charge in [-0.1, -0.05) is 19.6 Å². The van der Waals surface area contributed by atoms with E-state index in [4.69, 9.17) is 17.1 Å². The SMILES string of the molecule is CCO[Si](C)(C)[C@@H](S)[Si](C)(C)C. The van der Waals surface area contributed by atoms with Gasteiger partial charge in [0.2, 0.25) is 0 Å². The zero-order valence-electron chi connectivity index (χ0n) is 9.14. The molecular weight excluding hydrogens is 200 g/mol. The van der Waals surface area contributed by atoms with Crippen molar-refractivity contribution in [2.45, 2.75) is 44.2 Å². The summed E-state index contributed by atoms with van der Waals surface area (Å²) in [6, 6.07) is 0. The molecule has 74 valence electrons. The van der Waals surface area contributed by atoms with Crippen molar-refractivity contribution in [1.29, 1.82) is 0 Å². The third-order valence-electron chi connectivity index (χ3n) is 2.00. The van der Waals surface area contributed by atoms with Crippen molar-refractivity contribution >= 4 is 29.0 Å². The molecule has 0 aliphatic heterocycles. The fourth-order valence-electron chi connectivity index (χ4n) is 1.49. The molecule has 0 heterocycles. The lowest BCUT2D eigenvalue weighted by Gasteiger charge is -2.36. The lowest BCUT2D eigenvalue weighted by molar-refractivity contribution is 0.331. The van der Waals surface area contributed by atoms with Gasteiger partial charge in [-0.3, -0.25) is 0 Å². The number of hydrogen-bond donors (Lipinski definition) is 1. The summed E-state index contributed by atoms with van der Waals surface area (Å²) in [6.07, 6.45) is 0. The summed E-state index contributed by atoms with van der Waals surface area (Å²) in [5, 5.41) is 0. The van der Waals surface area contributed by atoms with Gasteiger partial charge in [-0.15, -0.1) is 0 Å². The standard InChI is InChI=1S/C8H22OSSi2/c1-7-9-12(5,6)8(10)11(2,3)4/h8,10H,7H2,1-6H3/t8-/m0/s1. The molecule has 4 heteroatoms. The summed E-state index contributed by atoms with van der Waals surface area (Å²) >= 11 is 4.72. The molecule has 1 nitrogen and oxygen atoms in total. The lowest BCUT2D eigenvalue weighted by atomic mass is 10.9. The first-order chi connectivity index (χ1) is 5.22. The predicted octanol–water partition coefficient (Wildman–Crippen LogP) is 2.94. The van der Waals surface area contributed by atoms with Gasteiger partial charge in [-0.05, 0) is 20.0 Å². The summed E-state index contributed by atoms with van der Waals surface area (Å²) in [4.78, 5) is 0. The average Bonchev–Trinajstić information content (AvgIpc) is 1.84. The van der Waals surface area contributed by atoms with Crippen LogP contribution in [0.1, 0.15) is 6.92 Å². The Bertz CT molecular complexity index is 142. The molecule has 0 radical (unpaired) electrons. The Kier molecular flexibility index (Phi) is 4.57. The first kappa shape index (κ1) is 12.7. The largest absolute Gasteiger partial charge is 0.417 e. The molecule has 0 aromatic heterocycles. The topological polar surface area (TPSA) is 9.23 Å². The molecular formula is C8H22OSSi2. The highest BCUT2D eigenvalue weighted by Gasteiger charge is 2.39. The normalized spacial score (nSPS) is 16.2. The second kappa shape index (κ2) is 4.31. The van der Waals surface area contributed by atoms with E-state index in [0.29, 0.717) is 4.50 Å². The summed E-state index contributed by atoms with van der Waals surface area (Å²) < 4.78 is 6.35. The van der Waals surface area contributed by atoms with Crippen LogP contribution in [-0.2, 0) is 4.43 Å². The summed E-state index contributed by atoms with van der Waals surface area (Å²) in [6.45, 7) is 14.5.